The van der Waals surface area contributed by atoms with Gasteiger partial charge in [-0.05, 0) is 74.9 Å². The monoisotopic (exact) mass is 504 g/mol. The fraction of sp³-hybridized carbons (Fsp3) is 0.481. The topological polar surface area (TPSA) is 58.6 Å². The Balaban J connectivity index is 1.85. The molecule has 1 aliphatic carbocycles. The molecule has 1 aliphatic rings. The van der Waals surface area contributed by atoms with Crippen molar-refractivity contribution in [2.45, 2.75) is 78.4 Å². The van der Waals surface area contributed by atoms with Gasteiger partial charge in [-0.25, -0.2) is 0 Å². The van der Waals surface area contributed by atoms with Crippen molar-refractivity contribution in [1.29, 1.82) is 0 Å². The van der Waals surface area contributed by atoms with Crippen molar-refractivity contribution >= 4 is 35.0 Å². The summed E-state index contributed by atoms with van der Waals surface area (Å²) in [6.07, 6.45) is 4.64. The Morgan fingerprint density at radius 3 is 2.38 bits per heavy atom. The minimum atomic E-state index is -0.649. The van der Waals surface area contributed by atoms with E-state index in [4.69, 9.17) is 27.9 Å². The Bertz CT molecular complexity index is 1010. The summed E-state index contributed by atoms with van der Waals surface area (Å²) < 4.78 is 5.96. The number of hydrogen-bond donors (Lipinski definition) is 1. The van der Waals surface area contributed by atoms with Gasteiger partial charge in [0.15, 0.2) is 6.61 Å². The van der Waals surface area contributed by atoms with Crippen LogP contribution in [0.1, 0.15) is 61.3 Å². The van der Waals surface area contributed by atoms with Crippen molar-refractivity contribution in [3.63, 3.8) is 0 Å². The number of carbonyl (C=O) groups is 2. The van der Waals surface area contributed by atoms with Gasteiger partial charge >= 0.3 is 0 Å². The maximum absolute atomic E-state index is 13.5. The summed E-state index contributed by atoms with van der Waals surface area (Å²) in [7, 11) is 0. The molecule has 0 saturated heterocycles. The van der Waals surface area contributed by atoms with E-state index in [1.807, 2.05) is 33.8 Å². The molecule has 1 unspecified atom stereocenters. The summed E-state index contributed by atoms with van der Waals surface area (Å²) in [6, 6.07) is 8.75. The third kappa shape index (κ3) is 6.45. The predicted molar refractivity (Wildman–Crippen MR) is 138 cm³/mol. The van der Waals surface area contributed by atoms with E-state index in [-0.39, 0.29) is 31.0 Å². The van der Waals surface area contributed by atoms with Crippen LogP contribution in [0.15, 0.2) is 30.3 Å². The molecule has 184 valence electrons. The average Bonchev–Trinajstić information content (AvgIpc) is 3.29. The highest BCUT2D eigenvalue weighted by molar-refractivity contribution is 6.36. The van der Waals surface area contributed by atoms with E-state index in [9.17, 15) is 9.59 Å². The number of aryl methyl sites for hydroxylation is 2. The molecule has 1 fully saturated rings. The lowest BCUT2D eigenvalue weighted by Crippen LogP contribution is -2.52. The highest BCUT2D eigenvalue weighted by atomic mass is 35.5. The molecule has 0 heterocycles. The first-order valence-electron chi connectivity index (χ1n) is 11.9. The van der Waals surface area contributed by atoms with Crippen LogP contribution in [-0.4, -0.2) is 35.4 Å². The van der Waals surface area contributed by atoms with Crippen LogP contribution in [-0.2, 0) is 16.1 Å². The van der Waals surface area contributed by atoms with Gasteiger partial charge in [0.1, 0.15) is 11.8 Å². The van der Waals surface area contributed by atoms with Crippen molar-refractivity contribution in [2.75, 3.05) is 6.61 Å². The molecule has 0 spiro atoms. The van der Waals surface area contributed by atoms with Crippen LogP contribution < -0.4 is 10.1 Å². The summed E-state index contributed by atoms with van der Waals surface area (Å²) in [5, 5.41) is 4.06. The van der Waals surface area contributed by atoms with E-state index in [1.165, 1.54) is 0 Å². The number of hydrogen-bond acceptors (Lipinski definition) is 3. The smallest absolute Gasteiger partial charge is 0.261 e. The lowest BCUT2D eigenvalue weighted by molar-refractivity contribution is -0.143. The molecule has 1 N–H and O–H groups in total. The molecule has 2 aromatic rings. The SMILES string of the molecule is CCC(C(=O)NC1CCCC1)N(Cc1c(Cl)cccc1Cl)C(=O)COc1cc(C)cc(C)c1C. The minimum absolute atomic E-state index is 0.128. The van der Waals surface area contributed by atoms with E-state index in [0.29, 0.717) is 27.8 Å². The largest absolute Gasteiger partial charge is 0.483 e. The molecule has 5 nitrogen and oxygen atoms in total. The van der Waals surface area contributed by atoms with Gasteiger partial charge in [-0.3, -0.25) is 9.59 Å². The number of ether oxygens (including phenoxy) is 1. The van der Waals surface area contributed by atoms with E-state index in [1.54, 1.807) is 23.1 Å². The highest BCUT2D eigenvalue weighted by Gasteiger charge is 2.31. The van der Waals surface area contributed by atoms with Gasteiger partial charge in [0.2, 0.25) is 5.91 Å². The maximum Gasteiger partial charge on any atom is 0.261 e. The van der Waals surface area contributed by atoms with Gasteiger partial charge in [-0.1, -0.05) is 55.1 Å². The minimum Gasteiger partial charge on any atom is -0.483 e. The number of benzene rings is 2. The molecule has 1 saturated carbocycles. The van der Waals surface area contributed by atoms with E-state index in [0.717, 1.165) is 42.4 Å². The normalized spacial score (nSPS) is 14.6. The van der Waals surface area contributed by atoms with Gasteiger partial charge in [0.25, 0.3) is 5.91 Å². The molecular formula is C27H34Cl2N2O3. The van der Waals surface area contributed by atoms with Crippen molar-refractivity contribution in [2.24, 2.45) is 0 Å². The zero-order chi connectivity index (χ0) is 24.8. The summed E-state index contributed by atoms with van der Waals surface area (Å²) in [5.41, 5.74) is 3.77. The van der Waals surface area contributed by atoms with Crippen LogP contribution in [0.4, 0.5) is 0 Å². The van der Waals surface area contributed by atoms with Crippen LogP contribution in [0.5, 0.6) is 5.75 Å². The molecule has 7 heteroatoms. The first-order valence-corrected chi connectivity index (χ1v) is 12.7. The number of rotatable bonds is 9. The lowest BCUT2D eigenvalue weighted by atomic mass is 10.1. The number of amides is 2. The molecule has 1 atom stereocenters. The van der Waals surface area contributed by atoms with Crippen LogP contribution in [0, 0.1) is 20.8 Å². The first-order chi connectivity index (χ1) is 16.2. The number of halogens is 2. The van der Waals surface area contributed by atoms with Gasteiger partial charge < -0.3 is 15.0 Å². The second-order valence-corrected chi connectivity index (χ2v) is 9.94. The van der Waals surface area contributed by atoms with Gasteiger partial charge in [0, 0.05) is 28.2 Å². The number of carbonyl (C=O) groups excluding carboxylic acids is 2. The number of nitrogens with one attached hydrogen (secondary N) is 1. The molecule has 34 heavy (non-hydrogen) atoms. The van der Waals surface area contributed by atoms with Crippen LogP contribution in [0.2, 0.25) is 10.0 Å². The standard InChI is InChI=1S/C27H34Cl2N2O3/c1-5-24(27(33)30-20-9-6-7-10-20)31(15-21-22(28)11-8-12-23(21)29)26(32)16-34-25-14-17(2)13-18(3)19(25)4/h8,11-14,20,24H,5-7,9-10,15-16H2,1-4H3,(H,30,33). The second kappa shape index (κ2) is 11.9. The van der Waals surface area contributed by atoms with Gasteiger partial charge in [0.05, 0.1) is 0 Å². The molecule has 2 amide bonds. The van der Waals surface area contributed by atoms with Crippen molar-refractivity contribution in [1.82, 2.24) is 10.2 Å². The quantitative estimate of drug-likeness (QED) is 0.444. The van der Waals surface area contributed by atoms with Crippen LogP contribution in [0.25, 0.3) is 0 Å². The van der Waals surface area contributed by atoms with E-state index < -0.39 is 6.04 Å². The Morgan fingerprint density at radius 1 is 1.12 bits per heavy atom. The predicted octanol–water partition coefficient (Wildman–Crippen LogP) is 6.16. The molecule has 3 rings (SSSR count). The summed E-state index contributed by atoms with van der Waals surface area (Å²) >= 11 is 12.8. The third-order valence-electron chi connectivity index (χ3n) is 6.59. The van der Waals surface area contributed by atoms with Crippen LogP contribution in [0.3, 0.4) is 0 Å². The Kier molecular flexibility index (Phi) is 9.26. The summed E-state index contributed by atoms with van der Waals surface area (Å²) in [4.78, 5) is 28.3. The summed E-state index contributed by atoms with van der Waals surface area (Å²) in [6.45, 7) is 7.83. The fourth-order valence-electron chi connectivity index (χ4n) is 4.51. The van der Waals surface area contributed by atoms with E-state index >= 15 is 0 Å². The Hall–Kier alpha value is -2.24. The van der Waals surface area contributed by atoms with E-state index in [2.05, 4.69) is 11.4 Å². The molecule has 2 aromatic carbocycles. The molecule has 0 aliphatic heterocycles. The fourth-order valence-corrected chi connectivity index (χ4v) is 5.03. The average molecular weight is 505 g/mol. The highest BCUT2D eigenvalue weighted by Crippen LogP contribution is 2.28. The van der Waals surface area contributed by atoms with Crippen molar-refractivity contribution in [3.8, 4) is 5.75 Å². The zero-order valence-corrected chi connectivity index (χ0v) is 21.9. The number of nitrogens with zero attached hydrogens (tertiary/aromatic N) is 1. The Labute approximate surface area is 212 Å². The van der Waals surface area contributed by atoms with Crippen LogP contribution >= 0.6 is 23.2 Å². The molecule has 0 radical (unpaired) electrons. The first kappa shape index (κ1) is 26.4. The molecule has 0 aromatic heterocycles. The third-order valence-corrected chi connectivity index (χ3v) is 7.30. The summed E-state index contributed by atoms with van der Waals surface area (Å²) in [5.74, 6) is 0.238. The second-order valence-electron chi connectivity index (χ2n) is 9.13. The maximum atomic E-state index is 13.5. The zero-order valence-electron chi connectivity index (χ0n) is 20.4. The van der Waals surface area contributed by atoms with Crippen molar-refractivity contribution < 1.29 is 14.3 Å². The molecule has 0 bridgehead atoms. The van der Waals surface area contributed by atoms with Gasteiger partial charge in [-0.15, -0.1) is 0 Å². The Morgan fingerprint density at radius 2 is 1.76 bits per heavy atom. The van der Waals surface area contributed by atoms with Crippen molar-refractivity contribution in [3.05, 3.63) is 62.6 Å². The molecular weight excluding hydrogens is 471 g/mol. The lowest BCUT2D eigenvalue weighted by Gasteiger charge is -2.32. The van der Waals surface area contributed by atoms with Gasteiger partial charge in [-0.2, -0.15) is 0 Å².